The summed E-state index contributed by atoms with van der Waals surface area (Å²) in [6.45, 7) is 9.87. The molecule has 0 saturated heterocycles. The van der Waals surface area contributed by atoms with Crippen molar-refractivity contribution in [1.29, 1.82) is 0 Å². The van der Waals surface area contributed by atoms with E-state index in [1.54, 1.807) is 0 Å². The van der Waals surface area contributed by atoms with Gasteiger partial charge in [0, 0.05) is 11.1 Å². The Labute approximate surface area is 131 Å². The van der Waals surface area contributed by atoms with Gasteiger partial charge in [-0.2, -0.15) is 0 Å². The second-order valence-corrected chi connectivity index (χ2v) is 6.48. The Kier molecular flexibility index (Phi) is 3.28. The van der Waals surface area contributed by atoms with E-state index in [2.05, 4.69) is 0 Å². The molecule has 2 aromatic rings. The van der Waals surface area contributed by atoms with Gasteiger partial charge in [-0.25, -0.2) is 0 Å². The fourth-order valence-corrected chi connectivity index (χ4v) is 3.82. The van der Waals surface area contributed by atoms with Crippen LogP contribution in [0.25, 0.3) is 0 Å². The van der Waals surface area contributed by atoms with Gasteiger partial charge in [0.15, 0.2) is 11.6 Å². The molecule has 22 heavy (non-hydrogen) atoms. The van der Waals surface area contributed by atoms with Crippen LogP contribution in [0, 0.1) is 34.6 Å². The lowest BCUT2D eigenvalue weighted by atomic mass is 9.86. The SMILES string of the molecule is Cc1cc(C)c(C2C(=O)c3cc(C)cc(C)c3C2=O)c(C)c1. The summed E-state index contributed by atoms with van der Waals surface area (Å²) in [6.07, 6.45) is 0. The summed E-state index contributed by atoms with van der Waals surface area (Å²) in [5.41, 5.74) is 7.20. The van der Waals surface area contributed by atoms with Crippen LogP contribution in [0.3, 0.4) is 0 Å². The Morgan fingerprint density at radius 1 is 0.682 bits per heavy atom. The molecule has 2 heteroatoms. The van der Waals surface area contributed by atoms with Gasteiger partial charge in [-0.3, -0.25) is 9.59 Å². The quantitative estimate of drug-likeness (QED) is 0.730. The fourth-order valence-electron chi connectivity index (χ4n) is 3.82. The van der Waals surface area contributed by atoms with E-state index in [0.29, 0.717) is 11.1 Å². The third kappa shape index (κ3) is 2.02. The van der Waals surface area contributed by atoms with Crippen LogP contribution in [0.5, 0.6) is 0 Å². The minimum absolute atomic E-state index is 0.0486. The first-order chi connectivity index (χ1) is 10.3. The van der Waals surface area contributed by atoms with E-state index in [4.69, 9.17) is 0 Å². The Morgan fingerprint density at radius 3 is 1.77 bits per heavy atom. The van der Waals surface area contributed by atoms with E-state index in [-0.39, 0.29) is 11.6 Å². The van der Waals surface area contributed by atoms with Crippen molar-refractivity contribution in [2.75, 3.05) is 0 Å². The Hall–Kier alpha value is -2.22. The van der Waals surface area contributed by atoms with Crippen LogP contribution in [-0.2, 0) is 0 Å². The first-order valence-corrected chi connectivity index (χ1v) is 7.58. The molecule has 0 N–H and O–H groups in total. The zero-order valence-electron chi connectivity index (χ0n) is 13.7. The molecule has 0 bridgehead atoms. The van der Waals surface area contributed by atoms with Crippen molar-refractivity contribution in [3.8, 4) is 0 Å². The van der Waals surface area contributed by atoms with E-state index >= 15 is 0 Å². The van der Waals surface area contributed by atoms with Crippen LogP contribution in [0.4, 0.5) is 0 Å². The normalized spacial score (nSPS) is 17.0. The van der Waals surface area contributed by atoms with Crippen molar-refractivity contribution in [1.82, 2.24) is 0 Å². The molecule has 0 spiro atoms. The maximum Gasteiger partial charge on any atom is 0.179 e. The second kappa shape index (κ2) is 4.91. The molecule has 1 aliphatic rings. The molecule has 2 aromatic carbocycles. The Balaban J connectivity index is 2.23. The first kappa shape index (κ1) is 14.7. The molecule has 0 radical (unpaired) electrons. The number of hydrogen-bond donors (Lipinski definition) is 0. The van der Waals surface area contributed by atoms with E-state index in [1.165, 1.54) is 0 Å². The van der Waals surface area contributed by atoms with Crippen molar-refractivity contribution in [2.24, 2.45) is 0 Å². The molecule has 1 atom stereocenters. The summed E-state index contributed by atoms with van der Waals surface area (Å²) in [5.74, 6) is -0.773. The van der Waals surface area contributed by atoms with Gasteiger partial charge >= 0.3 is 0 Å². The number of benzene rings is 2. The van der Waals surface area contributed by atoms with E-state index in [1.807, 2.05) is 58.9 Å². The van der Waals surface area contributed by atoms with E-state index in [0.717, 1.165) is 33.4 Å². The topological polar surface area (TPSA) is 34.1 Å². The summed E-state index contributed by atoms with van der Waals surface area (Å²) in [6, 6.07) is 7.91. The van der Waals surface area contributed by atoms with Gasteiger partial charge in [-0.15, -0.1) is 0 Å². The van der Waals surface area contributed by atoms with Crippen molar-refractivity contribution in [3.63, 3.8) is 0 Å². The average molecular weight is 292 g/mol. The molecule has 0 heterocycles. The zero-order valence-corrected chi connectivity index (χ0v) is 13.7. The molecular weight excluding hydrogens is 272 g/mol. The van der Waals surface area contributed by atoms with Gasteiger partial charge in [0.2, 0.25) is 0 Å². The second-order valence-electron chi connectivity index (χ2n) is 6.48. The number of carbonyl (C=O) groups excluding carboxylic acids is 2. The van der Waals surface area contributed by atoms with Crippen LogP contribution in [0.1, 0.15) is 60.0 Å². The Bertz CT molecular complexity index is 805. The lowest BCUT2D eigenvalue weighted by Gasteiger charge is -2.15. The number of hydrogen-bond acceptors (Lipinski definition) is 2. The maximum absolute atomic E-state index is 12.9. The summed E-state index contributed by atoms with van der Waals surface area (Å²) < 4.78 is 0. The summed E-state index contributed by atoms with van der Waals surface area (Å²) in [5, 5.41) is 0. The van der Waals surface area contributed by atoms with Crippen LogP contribution >= 0.6 is 0 Å². The maximum atomic E-state index is 12.9. The molecule has 0 aliphatic heterocycles. The molecule has 1 unspecified atom stereocenters. The number of ketones is 2. The smallest absolute Gasteiger partial charge is 0.179 e. The summed E-state index contributed by atoms with van der Waals surface area (Å²) in [4.78, 5) is 25.8. The molecule has 3 rings (SSSR count). The average Bonchev–Trinajstić information content (AvgIpc) is 2.62. The third-order valence-electron chi connectivity index (χ3n) is 4.54. The van der Waals surface area contributed by atoms with Crippen LogP contribution in [0.2, 0.25) is 0 Å². The monoisotopic (exact) mass is 292 g/mol. The number of fused-ring (bicyclic) bond motifs is 1. The van der Waals surface area contributed by atoms with E-state index < -0.39 is 5.92 Å². The highest BCUT2D eigenvalue weighted by Gasteiger charge is 2.41. The molecule has 0 aromatic heterocycles. The third-order valence-corrected chi connectivity index (χ3v) is 4.54. The molecule has 0 saturated carbocycles. The van der Waals surface area contributed by atoms with Crippen LogP contribution in [0.15, 0.2) is 24.3 Å². The Morgan fingerprint density at radius 2 is 1.18 bits per heavy atom. The largest absolute Gasteiger partial charge is 0.293 e. The minimum atomic E-state index is -0.670. The number of aryl methyl sites for hydroxylation is 5. The van der Waals surface area contributed by atoms with Crippen molar-refractivity contribution >= 4 is 11.6 Å². The van der Waals surface area contributed by atoms with Gasteiger partial charge in [-0.1, -0.05) is 29.3 Å². The minimum Gasteiger partial charge on any atom is -0.293 e. The van der Waals surface area contributed by atoms with Crippen molar-refractivity contribution in [3.05, 3.63) is 68.8 Å². The molecular formula is C20H20O2. The lowest BCUT2D eigenvalue weighted by Crippen LogP contribution is -2.16. The highest BCUT2D eigenvalue weighted by molar-refractivity contribution is 6.30. The fraction of sp³-hybridized carbons (Fsp3) is 0.300. The number of carbonyl (C=O) groups is 2. The lowest BCUT2D eigenvalue weighted by molar-refractivity contribution is 0.0889. The molecule has 0 fully saturated rings. The summed E-state index contributed by atoms with van der Waals surface area (Å²) in [7, 11) is 0. The predicted molar refractivity (Wildman–Crippen MR) is 88.0 cm³/mol. The van der Waals surface area contributed by atoms with Crippen LogP contribution in [-0.4, -0.2) is 11.6 Å². The predicted octanol–water partition coefficient (Wildman–Crippen LogP) is 4.39. The van der Waals surface area contributed by atoms with Gasteiger partial charge in [0.25, 0.3) is 0 Å². The molecule has 2 nitrogen and oxygen atoms in total. The van der Waals surface area contributed by atoms with Crippen molar-refractivity contribution in [2.45, 2.75) is 40.5 Å². The highest BCUT2D eigenvalue weighted by Crippen LogP contribution is 2.39. The summed E-state index contributed by atoms with van der Waals surface area (Å²) >= 11 is 0. The van der Waals surface area contributed by atoms with Gasteiger partial charge in [0.05, 0.1) is 0 Å². The molecule has 1 aliphatic carbocycles. The van der Waals surface area contributed by atoms with Gasteiger partial charge in [0.1, 0.15) is 5.92 Å². The van der Waals surface area contributed by atoms with Gasteiger partial charge < -0.3 is 0 Å². The van der Waals surface area contributed by atoms with Gasteiger partial charge in [-0.05, 0) is 62.9 Å². The van der Waals surface area contributed by atoms with Crippen molar-refractivity contribution < 1.29 is 9.59 Å². The zero-order chi connectivity index (χ0) is 16.2. The molecule has 0 amide bonds. The highest BCUT2D eigenvalue weighted by atomic mass is 16.2. The molecule has 112 valence electrons. The number of Topliss-reactive ketones (excluding diaryl/α,β-unsaturated/α-hetero) is 2. The van der Waals surface area contributed by atoms with E-state index in [9.17, 15) is 9.59 Å². The number of rotatable bonds is 1. The standard InChI is InChI=1S/C20H20O2/c1-10-6-12(3)16(13(4)7-10)18-19(21)15-9-11(2)8-14(5)17(15)20(18)22/h6-9,18H,1-5H3. The van der Waals surface area contributed by atoms with Crippen LogP contribution < -0.4 is 0 Å². The first-order valence-electron chi connectivity index (χ1n) is 7.58.